The Morgan fingerprint density at radius 3 is 2.82 bits per heavy atom. The number of nitrogens with zero attached hydrogens (tertiary/aromatic N) is 4. The van der Waals surface area contributed by atoms with Crippen LogP contribution in [0.25, 0.3) is 0 Å². The molecule has 0 saturated heterocycles. The topological polar surface area (TPSA) is 76.2 Å². The third kappa shape index (κ3) is 4.48. The number of fused-ring (bicyclic) bond motifs is 1. The van der Waals surface area contributed by atoms with Crippen molar-refractivity contribution in [1.29, 1.82) is 0 Å². The minimum Gasteiger partial charge on any atom is -0.465 e. The predicted molar refractivity (Wildman–Crippen MR) is 104 cm³/mol. The van der Waals surface area contributed by atoms with Gasteiger partial charge in [-0.05, 0) is 24.6 Å². The molecule has 28 heavy (non-hydrogen) atoms. The second-order valence-electron chi connectivity index (χ2n) is 7.19. The van der Waals surface area contributed by atoms with E-state index in [1.165, 1.54) is 0 Å². The van der Waals surface area contributed by atoms with Crippen LogP contribution in [0.15, 0.2) is 46.9 Å². The van der Waals surface area contributed by atoms with E-state index in [1.54, 1.807) is 0 Å². The maximum atomic E-state index is 12.2. The van der Waals surface area contributed by atoms with Gasteiger partial charge in [-0.1, -0.05) is 35.5 Å². The van der Waals surface area contributed by atoms with Crippen LogP contribution in [0.1, 0.15) is 34.9 Å². The highest BCUT2D eigenvalue weighted by Crippen LogP contribution is 2.19. The minimum atomic E-state index is 0.0318. The van der Waals surface area contributed by atoms with Crippen LogP contribution in [0.4, 0.5) is 0 Å². The molecule has 0 atom stereocenters. The fourth-order valence-corrected chi connectivity index (χ4v) is 3.48. The van der Waals surface area contributed by atoms with Gasteiger partial charge in [0.1, 0.15) is 11.5 Å². The van der Waals surface area contributed by atoms with Gasteiger partial charge in [-0.15, -0.1) is 5.10 Å². The maximum Gasteiger partial charge on any atom is 0.220 e. The lowest BCUT2D eigenvalue weighted by atomic mass is 10.1. The van der Waals surface area contributed by atoms with Gasteiger partial charge >= 0.3 is 0 Å². The number of aryl methyl sites for hydroxylation is 2. The molecule has 0 spiro atoms. The summed E-state index contributed by atoms with van der Waals surface area (Å²) in [6.45, 7) is 5.77. The molecule has 0 bridgehead atoms. The largest absolute Gasteiger partial charge is 0.465 e. The van der Waals surface area contributed by atoms with Crippen LogP contribution in [-0.4, -0.2) is 32.3 Å². The van der Waals surface area contributed by atoms with E-state index < -0.39 is 0 Å². The number of rotatable bonds is 7. The molecule has 0 unspecified atom stereocenters. The number of hydrogen-bond donors (Lipinski definition) is 1. The molecule has 1 aliphatic heterocycles. The molecule has 0 fully saturated rings. The fraction of sp³-hybridized carbons (Fsp3) is 0.381. The Morgan fingerprint density at radius 1 is 1.18 bits per heavy atom. The lowest BCUT2D eigenvalue weighted by Gasteiger charge is -2.26. The quantitative estimate of drug-likeness (QED) is 0.682. The first kappa shape index (κ1) is 18.4. The Kier molecular flexibility index (Phi) is 5.53. The third-order valence-corrected chi connectivity index (χ3v) is 5.02. The molecule has 1 aromatic carbocycles. The Labute approximate surface area is 164 Å². The van der Waals surface area contributed by atoms with Crippen molar-refractivity contribution in [2.75, 3.05) is 6.54 Å². The van der Waals surface area contributed by atoms with Gasteiger partial charge in [0.2, 0.25) is 5.91 Å². The summed E-state index contributed by atoms with van der Waals surface area (Å²) in [6.07, 6.45) is 1.01. The number of carbonyl (C=O) groups is 1. The molecule has 7 nitrogen and oxygen atoms in total. The highest BCUT2D eigenvalue weighted by Gasteiger charge is 2.22. The monoisotopic (exact) mass is 379 g/mol. The van der Waals surface area contributed by atoms with Gasteiger partial charge in [0.25, 0.3) is 0 Å². The minimum absolute atomic E-state index is 0.0318. The number of hydrogen-bond acceptors (Lipinski definition) is 5. The second-order valence-corrected chi connectivity index (χ2v) is 7.19. The second kappa shape index (κ2) is 8.39. The summed E-state index contributed by atoms with van der Waals surface area (Å²) in [5.74, 6) is 1.94. The first-order valence-electron chi connectivity index (χ1n) is 9.67. The third-order valence-electron chi connectivity index (χ3n) is 5.02. The number of benzene rings is 1. The summed E-state index contributed by atoms with van der Waals surface area (Å²) >= 11 is 0. The van der Waals surface area contributed by atoms with Crippen LogP contribution in [0.5, 0.6) is 0 Å². The molecule has 7 heteroatoms. The molecule has 0 radical (unpaired) electrons. The molecular formula is C21H25N5O2. The first-order chi connectivity index (χ1) is 13.7. The molecule has 3 heterocycles. The molecule has 4 rings (SSSR count). The lowest BCUT2D eigenvalue weighted by Crippen LogP contribution is -2.34. The van der Waals surface area contributed by atoms with E-state index >= 15 is 0 Å². The summed E-state index contributed by atoms with van der Waals surface area (Å²) < 4.78 is 7.66. The number of carbonyl (C=O) groups excluding carboxylic acids is 1. The average Bonchev–Trinajstić information content (AvgIpc) is 3.31. The van der Waals surface area contributed by atoms with E-state index in [0.29, 0.717) is 19.4 Å². The van der Waals surface area contributed by atoms with Crippen molar-refractivity contribution in [3.63, 3.8) is 0 Å². The number of nitrogens with one attached hydrogen (secondary N) is 1. The summed E-state index contributed by atoms with van der Waals surface area (Å²) in [5, 5.41) is 11.5. The smallest absolute Gasteiger partial charge is 0.220 e. The molecule has 0 aliphatic carbocycles. The fourth-order valence-electron chi connectivity index (χ4n) is 3.48. The Balaban J connectivity index is 1.30. The van der Waals surface area contributed by atoms with Crippen LogP contribution in [0, 0.1) is 6.92 Å². The first-order valence-corrected chi connectivity index (χ1v) is 9.67. The standard InChI is InChI=1S/C21H25N5O2/c1-16-7-8-18(28-16)14-25-11-12-26-20(15-25)19(23-24-26)9-10-21(27)22-13-17-5-3-2-4-6-17/h2-8H,9-15H2,1H3,(H,22,27). The van der Waals surface area contributed by atoms with E-state index in [1.807, 2.05) is 54.1 Å². The van der Waals surface area contributed by atoms with Gasteiger partial charge in [-0.3, -0.25) is 9.69 Å². The summed E-state index contributed by atoms with van der Waals surface area (Å²) in [5.41, 5.74) is 3.11. The van der Waals surface area contributed by atoms with Crippen molar-refractivity contribution in [3.8, 4) is 0 Å². The lowest BCUT2D eigenvalue weighted by molar-refractivity contribution is -0.121. The van der Waals surface area contributed by atoms with Crippen molar-refractivity contribution in [2.24, 2.45) is 0 Å². The number of aromatic nitrogens is 3. The molecular weight excluding hydrogens is 354 g/mol. The normalized spacial score (nSPS) is 14.0. The number of furan rings is 1. The molecule has 1 N–H and O–H groups in total. The van der Waals surface area contributed by atoms with Crippen molar-refractivity contribution in [1.82, 2.24) is 25.2 Å². The van der Waals surface area contributed by atoms with Gasteiger partial charge < -0.3 is 9.73 Å². The van der Waals surface area contributed by atoms with Gasteiger partial charge in [0.05, 0.1) is 24.5 Å². The van der Waals surface area contributed by atoms with Crippen molar-refractivity contribution >= 4 is 5.91 Å². The molecule has 1 aliphatic rings. The zero-order valence-electron chi connectivity index (χ0n) is 16.1. The zero-order chi connectivity index (χ0) is 19.3. The molecule has 2 aromatic heterocycles. The predicted octanol–water partition coefficient (Wildman–Crippen LogP) is 2.44. The van der Waals surface area contributed by atoms with Gasteiger partial charge in [0.15, 0.2) is 0 Å². The van der Waals surface area contributed by atoms with E-state index in [0.717, 1.165) is 54.7 Å². The Morgan fingerprint density at radius 2 is 2.04 bits per heavy atom. The van der Waals surface area contributed by atoms with E-state index in [9.17, 15) is 4.79 Å². The van der Waals surface area contributed by atoms with Gasteiger partial charge in [-0.2, -0.15) is 0 Å². The maximum absolute atomic E-state index is 12.2. The zero-order valence-corrected chi connectivity index (χ0v) is 16.1. The molecule has 1 amide bonds. The van der Waals surface area contributed by atoms with Crippen LogP contribution in [0.2, 0.25) is 0 Å². The van der Waals surface area contributed by atoms with Crippen LogP contribution < -0.4 is 5.32 Å². The molecule has 3 aromatic rings. The van der Waals surface area contributed by atoms with Gasteiger partial charge in [-0.25, -0.2) is 4.68 Å². The van der Waals surface area contributed by atoms with Gasteiger partial charge in [0, 0.05) is 32.5 Å². The van der Waals surface area contributed by atoms with Crippen molar-refractivity contribution in [3.05, 3.63) is 70.9 Å². The number of amides is 1. The van der Waals surface area contributed by atoms with Crippen molar-refractivity contribution < 1.29 is 9.21 Å². The Hall–Kier alpha value is -2.93. The van der Waals surface area contributed by atoms with Crippen molar-refractivity contribution in [2.45, 2.75) is 45.9 Å². The molecule has 146 valence electrons. The van der Waals surface area contributed by atoms with E-state index in [4.69, 9.17) is 4.42 Å². The van der Waals surface area contributed by atoms with E-state index in [2.05, 4.69) is 20.5 Å². The van der Waals surface area contributed by atoms with Crippen LogP contribution >= 0.6 is 0 Å². The average molecular weight is 379 g/mol. The highest BCUT2D eigenvalue weighted by atomic mass is 16.3. The Bertz CT molecular complexity index is 931. The highest BCUT2D eigenvalue weighted by molar-refractivity contribution is 5.76. The SMILES string of the molecule is Cc1ccc(CN2CCn3nnc(CCC(=O)NCc4ccccc4)c3C2)o1. The molecule has 0 saturated carbocycles. The summed E-state index contributed by atoms with van der Waals surface area (Å²) in [4.78, 5) is 14.5. The summed E-state index contributed by atoms with van der Waals surface area (Å²) in [6, 6.07) is 13.9. The van der Waals surface area contributed by atoms with Crippen LogP contribution in [0.3, 0.4) is 0 Å². The summed E-state index contributed by atoms with van der Waals surface area (Å²) in [7, 11) is 0. The van der Waals surface area contributed by atoms with Crippen LogP contribution in [-0.2, 0) is 37.4 Å². The van der Waals surface area contributed by atoms with E-state index in [-0.39, 0.29) is 5.91 Å².